The minimum Gasteiger partial charge on any atom is -0.453 e. The van der Waals surface area contributed by atoms with Gasteiger partial charge in [0.05, 0.1) is 13.2 Å². The zero-order chi connectivity index (χ0) is 11.4. The maximum absolute atomic E-state index is 11.1. The number of hydrogen-bond acceptors (Lipinski definition) is 2. The van der Waals surface area contributed by atoms with E-state index in [4.69, 9.17) is 0 Å². The first kappa shape index (κ1) is 11.6. The smallest absolute Gasteiger partial charge is 0.407 e. The monoisotopic (exact) mass is 207 g/mol. The average molecular weight is 207 g/mol. The molecule has 1 N–H and O–H groups in total. The molecule has 15 heavy (non-hydrogen) atoms. The van der Waals surface area contributed by atoms with Crippen LogP contribution in [0.2, 0.25) is 0 Å². The summed E-state index contributed by atoms with van der Waals surface area (Å²) in [5, 5.41) is 2.75. The van der Waals surface area contributed by atoms with E-state index in [2.05, 4.69) is 28.3 Å². The first-order valence-corrected chi connectivity index (χ1v) is 4.96. The highest BCUT2D eigenvalue weighted by Crippen LogP contribution is 2.18. The van der Waals surface area contributed by atoms with Gasteiger partial charge in [-0.25, -0.2) is 4.79 Å². The van der Waals surface area contributed by atoms with Gasteiger partial charge in [-0.2, -0.15) is 0 Å². The van der Waals surface area contributed by atoms with Gasteiger partial charge in [0.25, 0.3) is 0 Å². The van der Waals surface area contributed by atoms with Crippen molar-refractivity contribution in [3.63, 3.8) is 0 Å². The molecule has 1 rings (SSSR count). The third-order valence-electron chi connectivity index (χ3n) is 2.42. The Bertz CT molecular complexity index is 361. The molecule has 0 heterocycles. The van der Waals surface area contributed by atoms with Crippen LogP contribution in [0.1, 0.15) is 29.7 Å². The average Bonchev–Trinajstić information content (AvgIpc) is 2.21. The van der Waals surface area contributed by atoms with Gasteiger partial charge in [-0.1, -0.05) is 23.8 Å². The van der Waals surface area contributed by atoms with Crippen LogP contribution in [0.5, 0.6) is 0 Å². The molecule has 0 saturated heterocycles. The Kier molecular flexibility index (Phi) is 3.72. The summed E-state index contributed by atoms with van der Waals surface area (Å²) >= 11 is 0. The predicted molar refractivity (Wildman–Crippen MR) is 59.9 cm³/mol. The molecule has 1 aromatic rings. The fourth-order valence-corrected chi connectivity index (χ4v) is 1.54. The number of aryl methyl sites for hydroxylation is 2. The first-order chi connectivity index (χ1) is 7.04. The Balaban J connectivity index is 2.85. The molecule has 82 valence electrons. The number of ether oxygens (including phenoxy) is 1. The Morgan fingerprint density at radius 2 is 2.07 bits per heavy atom. The lowest BCUT2D eigenvalue weighted by molar-refractivity contribution is 0.167. The molecule has 0 aliphatic rings. The van der Waals surface area contributed by atoms with Crippen molar-refractivity contribution in [2.45, 2.75) is 26.8 Å². The van der Waals surface area contributed by atoms with E-state index in [1.165, 1.54) is 18.2 Å². The van der Waals surface area contributed by atoms with E-state index in [1.54, 1.807) is 0 Å². The summed E-state index contributed by atoms with van der Waals surface area (Å²) in [5.74, 6) is 0. The Morgan fingerprint density at radius 1 is 1.40 bits per heavy atom. The van der Waals surface area contributed by atoms with Crippen LogP contribution in [0.4, 0.5) is 4.79 Å². The van der Waals surface area contributed by atoms with Crippen LogP contribution in [-0.2, 0) is 4.74 Å². The van der Waals surface area contributed by atoms with E-state index in [1.807, 2.05) is 20.8 Å². The number of nitrogens with one attached hydrogen (secondary N) is 1. The maximum Gasteiger partial charge on any atom is 0.407 e. The van der Waals surface area contributed by atoms with Crippen LogP contribution in [0.25, 0.3) is 0 Å². The van der Waals surface area contributed by atoms with Crippen LogP contribution >= 0.6 is 0 Å². The molecule has 3 heteroatoms. The van der Waals surface area contributed by atoms with Gasteiger partial charge in [0.15, 0.2) is 0 Å². The van der Waals surface area contributed by atoms with Crippen molar-refractivity contribution in [3.05, 3.63) is 34.9 Å². The van der Waals surface area contributed by atoms with Gasteiger partial charge in [-0.3, -0.25) is 0 Å². The van der Waals surface area contributed by atoms with Crippen LogP contribution < -0.4 is 5.32 Å². The Morgan fingerprint density at radius 3 is 2.67 bits per heavy atom. The van der Waals surface area contributed by atoms with Crippen molar-refractivity contribution in [1.82, 2.24) is 5.32 Å². The third-order valence-corrected chi connectivity index (χ3v) is 2.42. The minimum atomic E-state index is -0.400. The number of rotatable bonds is 2. The fourth-order valence-electron chi connectivity index (χ4n) is 1.54. The molecule has 1 amide bonds. The Labute approximate surface area is 90.4 Å². The van der Waals surface area contributed by atoms with Crippen molar-refractivity contribution in [1.29, 1.82) is 0 Å². The largest absolute Gasteiger partial charge is 0.453 e. The zero-order valence-corrected chi connectivity index (χ0v) is 9.63. The molecule has 1 aromatic carbocycles. The highest BCUT2D eigenvalue weighted by molar-refractivity contribution is 5.67. The van der Waals surface area contributed by atoms with Crippen LogP contribution in [0.15, 0.2) is 18.2 Å². The molecule has 0 spiro atoms. The number of methoxy groups -OCH3 is 1. The molecule has 3 nitrogen and oxygen atoms in total. The first-order valence-electron chi connectivity index (χ1n) is 4.96. The molecule has 0 aromatic heterocycles. The molecular weight excluding hydrogens is 190 g/mol. The number of carbonyl (C=O) groups is 1. The van der Waals surface area contributed by atoms with E-state index >= 15 is 0 Å². The molecule has 0 fully saturated rings. The number of carbonyl (C=O) groups excluding carboxylic acids is 1. The summed E-state index contributed by atoms with van der Waals surface area (Å²) in [6, 6.07) is 6.16. The van der Waals surface area contributed by atoms with Crippen molar-refractivity contribution in [2.75, 3.05) is 7.11 Å². The quantitative estimate of drug-likeness (QED) is 0.809. The zero-order valence-electron chi connectivity index (χ0n) is 9.63. The van der Waals surface area contributed by atoms with Gasteiger partial charge in [0, 0.05) is 0 Å². The van der Waals surface area contributed by atoms with Gasteiger partial charge in [0.2, 0.25) is 0 Å². The summed E-state index contributed by atoms with van der Waals surface area (Å²) in [7, 11) is 1.37. The van der Waals surface area contributed by atoms with Gasteiger partial charge in [0.1, 0.15) is 0 Å². The fraction of sp³-hybridized carbons (Fsp3) is 0.417. The lowest BCUT2D eigenvalue weighted by atomic mass is 10.0. The molecular formula is C12H17NO2. The van der Waals surface area contributed by atoms with Gasteiger partial charge >= 0.3 is 6.09 Å². The van der Waals surface area contributed by atoms with Crippen molar-refractivity contribution in [2.24, 2.45) is 0 Å². The van der Waals surface area contributed by atoms with Crippen molar-refractivity contribution >= 4 is 6.09 Å². The molecule has 1 atom stereocenters. The van der Waals surface area contributed by atoms with Crippen LogP contribution in [0, 0.1) is 13.8 Å². The molecule has 1 unspecified atom stereocenters. The summed E-state index contributed by atoms with van der Waals surface area (Å²) in [6.45, 7) is 6.01. The highest BCUT2D eigenvalue weighted by Gasteiger charge is 2.11. The van der Waals surface area contributed by atoms with Crippen molar-refractivity contribution in [3.8, 4) is 0 Å². The third kappa shape index (κ3) is 2.98. The minimum absolute atomic E-state index is 0.0302. The summed E-state index contributed by atoms with van der Waals surface area (Å²) in [6.07, 6.45) is -0.400. The standard InChI is InChI=1S/C12H17NO2/c1-8-5-6-9(2)11(7-8)10(3)13-12(14)15-4/h5-7,10H,1-4H3,(H,13,14). The highest BCUT2D eigenvalue weighted by atomic mass is 16.5. The van der Waals surface area contributed by atoms with E-state index < -0.39 is 6.09 Å². The summed E-state index contributed by atoms with van der Waals surface area (Å²) < 4.78 is 4.56. The Hall–Kier alpha value is -1.51. The van der Waals surface area contributed by atoms with E-state index in [-0.39, 0.29) is 6.04 Å². The lowest BCUT2D eigenvalue weighted by Crippen LogP contribution is -2.26. The van der Waals surface area contributed by atoms with E-state index in [9.17, 15) is 4.79 Å². The van der Waals surface area contributed by atoms with Gasteiger partial charge in [-0.05, 0) is 31.9 Å². The van der Waals surface area contributed by atoms with E-state index in [0.29, 0.717) is 0 Å². The number of amides is 1. The second-order valence-corrected chi connectivity index (χ2v) is 3.72. The lowest BCUT2D eigenvalue weighted by Gasteiger charge is -2.16. The predicted octanol–water partition coefficient (Wildman–Crippen LogP) is 2.72. The maximum atomic E-state index is 11.1. The summed E-state index contributed by atoms with van der Waals surface area (Å²) in [4.78, 5) is 11.1. The van der Waals surface area contributed by atoms with Gasteiger partial charge < -0.3 is 10.1 Å². The van der Waals surface area contributed by atoms with Crippen LogP contribution in [-0.4, -0.2) is 13.2 Å². The van der Waals surface area contributed by atoms with Gasteiger partial charge in [-0.15, -0.1) is 0 Å². The summed E-state index contributed by atoms with van der Waals surface area (Å²) in [5.41, 5.74) is 3.49. The number of hydrogen-bond donors (Lipinski definition) is 1. The molecule has 0 bridgehead atoms. The van der Waals surface area contributed by atoms with Crippen molar-refractivity contribution < 1.29 is 9.53 Å². The number of benzene rings is 1. The number of alkyl carbamates (subject to hydrolysis) is 1. The normalized spacial score (nSPS) is 12.0. The molecule has 0 radical (unpaired) electrons. The SMILES string of the molecule is COC(=O)NC(C)c1cc(C)ccc1C. The topological polar surface area (TPSA) is 38.3 Å². The van der Waals surface area contributed by atoms with E-state index in [0.717, 1.165) is 5.56 Å². The second-order valence-electron chi connectivity index (χ2n) is 3.72. The molecule has 0 saturated carbocycles. The van der Waals surface area contributed by atoms with Crippen LogP contribution in [0.3, 0.4) is 0 Å². The molecule has 0 aliphatic heterocycles. The second kappa shape index (κ2) is 4.82. The molecule has 0 aliphatic carbocycles.